The number of nitrogens with one attached hydrogen (secondary N) is 1. The first-order chi connectivity index (χ1) is 9.26. The quantitative estimate of drug-likeness (QED) is 0.906. The lowest BCUT2D eigenvalue weighted by molar-refractivity contribution is -0.129. The van der Waals surface area contributed by atoms with E-state index in [1.165, 1.54) is 0 Å². The number of likely N-dealkylation sites (tertiary alicyclic amines) is 1. The zero-order valence-corrected chi connectivity index (χ0v) is 13.7. The Morgan fingerprint density at radius 1 is 1.45 bits per heavy atom. The van der Waals surface area contributed by atoms with Crippen molar-refractivity contribution in [3.05, 3.63) is 35.9 Å². The third kappa shape index (κ3) is 4.14. The van der Waals surface area contributed by atoms with Gasteiger partial charge in [-0.3, -0.25) is 4.79 Å². The number of hydrogen-bond donors (Lipinski definition) is 1. The fourth-order valence-electron chi connectivity index (χ4n) is 2.66. The van der Waals surface area contributed by atoms with Crippen molar-refractivity contribution in [2.24, 2.45) is 5.92 Å². The van der Waals surface area contributed by atoms with Crippen LogP contribution in [0.3, 0.4) is 0 Å². The number of thioether (sulfide) groups is 1. The Kier molecular flexibility index (Phi) is 7.41. The van der Waals surface area contributed by atoms with Crippen molar-refractivity contribution in [2.45, 2.75) is 11.7 Å². The smallest absolute Gasteiger partial charge is 0.240 e. The van der Waals surface area contributed by atoms with Crippen LogP contribution in [0.2, 0.25) is 0 Å². The molecule has 1 aliphatic rings. The maximum Gasteiger partial charge on any atom is 0.240 e. The monoisotopic (exact) mass is 314 g/mol. The second-order valence-electron chi connectivity index (χ2n) is 5.02. The maximum atomic E-state index is 12.6. The van der Waals surface area contributed by atoms with Gasteiger partial charge in [0.25, 0.3) is 0 Å². The molecule has 1 aliphatic heterocycles. The number of carbonyl (C=O) groups is 1. The van der Waals surface area contributed by atoms with Gasteiger partial charge in [0.1, 0.15) is 5.25 Å². The number of nitrogens with zero attached hydrogens (tertiary/aromatic N) is 1. The molecule has 1 aromatic carbocycles. The first-order valence-corrected chi connectivity index (χ1v) is 8.06. The van der Waals surface area contributed by atoms with Crippen LogP contribution in [0.5, 0.6) is 0 Å². The predicted molar refractivity (Wildman–Crippen MR) is 88.6 cm³/mol. The minimum atomic E-state index is -0.0606. The molecule has 1 fully saturated rings. The number of carbonyl (C=O) groups excluding carboxylic acids is 1. The third-order valence-corrected chi connectivity index (χ3v) is 4.60. The van der Waals surface area contributed by atoms with Crippen molar-refractivity contribution >= 4 is 30.1 Å². The van der Waals surface area contributed by atoms with Crippen molar-refractivity contribution in [3.8, 4) is 0 Å². The van der Waals surface area contributed by atoms with Crippen molar-refractivity contribution in [3.63, 3.8) is 0 Å². The van der Waals surface area contributed by atoms with Gasteiger partial charge in [0.15, 0.2) is 0 Å². The highest BCUT2D eigenvalue weighted by Gasteiger charge is 2.30. The van der Waals surface area contributed by atoms with E-state index in [1.807, 2.05) is 48.5 Å². The number of amides is 1. The number of benzene rings is 1. The van der Waals surface area contributed by atoms with Crippen LogP contribution in [-0.4, -0.2) is 43.7 Å². The average molecular weight is 315 g/mol. The Balaban J connectivity index is 0.00000200. The fourth-order valence-corrected chi connectivity index (χ4v) is 3.44. The highest BCUT2D eigenvalue weighted by molar-refractivity contribution is 7.99. The lowest BCUT2D eigenvalue weighted by atomic mass is 10.1. The second kappa shape index (κ2) is 8.55. The molecule has 1 heterocycles. The lowest BCUT2D eigenvalue weighted by Gasteiger charge is -2.22. The van der Waals surface area contributed by atoms with Gasteiger partial charge in [0.2, 0.25) is 5.91 Å². The van der Waals surface area contributed by atoms with Crippen molar-refractivity contribution < 1.29 is 4.79 Å². The molecule has 0 bridgehead atoms. The predicted octanol–water partition coefficient (Wildman–Crippen LogP) is 2.58. The van der Waals surface area contributed by atoms with Gasteiger partial charge < -0.3 is 10.2 Å². The standard InChI is InChI=1S/C15H22N2OS.ClH/c1-16-10-12-8-9-17(11-12)15(18)14(19-2)13-6-4-3-5-7-13;/h3-7,12,14,16H,8-11H2,1-2H3;1H. The highest BCUT2D eigenvalue weighted by Crippen LogP contribution is 2.30. The molecule has 3 nitrogen and oxygen atoms in total. The number of rotatable bonds is 5. The summed E-state index contributed by atoms with van der Waals surface area (Å²) in [5.41, 5.74) is 1.11. The molecular formula is C15H23ClN2OS. The fraction of sp³-hybridized carbons (Fsp3) is 0.533. The van der Waals surface area contributed by atoms with Crippen LogP contribution >= 0.6 is 24.2 Å². The summed E-state index contributed by atoms with van der Waals surface area (Å²) in [5.74, 6) is 0.865. The molecule has 2 atom stereocenters. The van der Waals surface area contributed by atoms with E-state index < -0.39 is 0 Å². The van der Waals surface area contributed by atoms with Gasteiger partial charge in [-0.2, -0.15) is 0 Å². The minimum absolute atomic E-state index is 0. The molecule has 0 aliphatic carbocycles. The van der Waals surface area contributed by atoms with Gasteiger partial charge in [0.05, 0.1) is 0 Å². The minimum Gasteiger partial charge on any atom is -0.341 e. The Morgan fingerprint density at radius 3 is 2.75 bits per heavy atom. The second-order valence-corrected chi connectivity index (χ2v) is 5.97. The van der Waals surface area contributed by atoms with Gasteiger partial charge in [0, 0.05) is 13.1 Å². The van der Waals surface area contributed by atoms with Crippen LogP contribution in [0.15, 0.2) is 30.3 Å². The SMILES string of the molecule is CNCC1CCN(C(=O)C(SC)c2ccccc2)C1.Cl. The van der Waals surface area contributed by atoms with Crippen LogP contribution in [0.1, 0.15) is 17.2 Å². The largest absolute Gasteiger partial charge is 0.341 e. The molecule has 20 heavy (non-hydrogen) atoms. The van der Waals surface area contributed by atoms with E-state index in [4.69, 9.17) is 0 Å². The summed E-state index contributed by atoms with van der Waals surface area (Å²) >= 11 is 1.63. The molecule has 2 rings (SSSR count). The first kappa shape index (κ1) is 17.3. The Hall–Kier alpha value is -0.710. The molecule has 112 valence electrons. The molecule has 0 saturated carbocycles. The third-order valence-electron chi connectivity index (χ3n) is 3.65. The summed E-state index contributed by atoms with van der Waals surface area (Å²) in [4.78, 5) is 14.6. The Labute approximate surface area is 131 Å². The van der Waals surface area contributed by atoms with Crippen LogP contribution in [0, 0.1) is 5.92 Å². The molecular weight excluding hydrogens is 292 g/mol. The molecule has 1 aromatic rings. The Morgan fingerprint density at radius 2 is 2.15 bits per heavy atom. The molecule has 1 saturated heterocycles. The summed E-state index contributed by atoms with van der Waals surface area (Å²) in [6.07, 6.45) is 3.12. The van der Waals surface area contributed by atoms with Crippen LogP contribution in [0.4, 0.5) is 0 Å². The molecule has 0 aromatic heterocycles. The molecule has 1 N–H and O–H groups in total. The zero-order valence-electron chi connectivity index (χ0n) is 12.0. The molecule has 0 spiro atoms. The van der Waals surface area contributed by atoms with Gasteiger partial charge in [-0.15, -0.1) is 24.2 Å². The zero-order chi connectivity index (χ0) is 13.7. The van der Waals surface area contributed by atoms with Gasteiger partial charge >= 0.3 is 0 Å². The van der Waals surface area contributed by atoms with Crippen LogP contribution < -0.4 is 5.32 Å². The summed E-state index contributed by atoms with van der Waals surface area (Å²) in [5, 5.41) is 3.14. The summed E-state index contributed by atoms with van der Waals surface area (Å²) in [7, 11) is 1.97. The molecule has 1 amide bonds. The first-order valence-electron chi connectivity index (χ1n) is 6.77. The molecule has 0 radical (unpaired) electrons. The van der Waals surface area contributed by atoms with Crippen LogP contribution in [0.25, 0.3) is 0 Å². The molecule has 5 heteroatoms. The summed E-state index contributed by atoms with van der Waals surface area (Å²) in [6, 6.07) is 10.1. The van der Waals surface area contributed by atoms with E-state index in [0.717, 1.165) is 31.6 Å². The van der Waals surface area contributed by atoms with E-state index in [2.05, 4.69) is 5.32 Å². The van der Waals surface area contributed by atoms with Gasteiger partial charge in [-0.1, -0.05) is 30.3 Å². The highest BCUT2D eigenvalue weighted by atomic mass is 35.5. The Bertz CT molecular complexity index is 416. The summed E-state index contributed by atoms with van der Waals surface area (Å²) in [6.45, 7) is 2.79. The summed E-state index contributed by atoms with van der Waals surface area (Å²) < 4.78 is 0. The van der Waals surface area contributed by atoms with Crippen molar-refractivity contribution in [1.82, 2.24) is 10.2 Å². The van der Waals surface area contributed by atoms with Gasteiger partial charge in [-0.05, 0) is 37.8 Å². The van der Waals surface area contributed by atoms with Gasteiger partial charge in [-0.25, -0.2) is 0 Å². The van der Waals surface area contributed by atoms with E-state index >= 15 is 0 Å². The normalized spacial score (nSPS) is 19.5. The van der Waals surface area contributed by atoms with E-state index in [0.29, 0.717) is 5.92 Å². The van der Waals surface area contributed by atoms with E-state index in [-0.39, 0.29) is 23.6 Å². The maximum absolute atomic E-state index is 12.6. The van der Waals surface area contributed by atoms with Crippen molar-refractivity contribution in [1.29, 1.82) is 0 Å². The van der Waals surface area contributed by atoms with Crippen LogP contribution in [-0.2, 0) is 4.79 Å². The van der Waals surface area contributed by atoms with E-state index in [1.54, 1.807) is 11.8 Å². The number of hydrogen-bond acceptors (Lipinski definition) is 3. The van der Waals surface area contributed by atoms with E-state index in [9.17, 15) is 4.79 Å². The van der Waals surface area contributed by atoms with Crippen molar-refractivity contribution in [2.75, 3.05) is 32.9 Å². The topological polar surface area (TPSA) is 32.3 Å². The molecule has 2 unspecified atom stereocenters. The lowest BCUT2D eigenvalue weighted by Crippen LogP contribution is -2.33. The number of halogens is 1. The average Bonchev–Trinajstić information content (AvgIpc) is 2.90.